The molecule has 1 aliphatic rings. The first kappa shape index (κ1) is 16.2. The molecule has 0 amide bonds. The van der Waals surface area contributed by atoms with E-state index in [9.17, 15) is 14.7 Å². The van der Waals surface area contributed by atoms with Crippen LogP contribution in [-0.4, -0.2) is 28.4 Å². The average molecular weight is 303 g/mol. The molecule has 0 saturated carbocycles. The van der Waals surface area contributed by atoms with Gasteiger partial charge in [0.15, 0.2) is 5.78 Å². The highest BCUT2D eigenvalue weighted by molar-refractivity contribution is 5.98. The summed E-state index contributed by atoms with van der Waals surface area (Å²) in [5.74, 6) is -0.903. The third kappa shape index (κ3) is 4.16. The third-order valence-corrected chi connectivity index (χ3v) is 3.62. The Kier molecular flexibility index (Phi) is 5.69. The fraction of sp³-hybridized carbons (Fsp3) is 0.471. The van der Waals surface area contributed by atoms with Gasteiger partial charge in [-0.15, -0.1) is 0 Å². The van der Waals surface area contributed by atoms with Gasteiger partial charge in [0.05, 0.1) is 18.7 Å². The summed E-state index contributed by atoms with van der Waals surface area (Å²) in [7, 11) is 0. The quantitative estimate of drug-likeness (QED) is 0.644. The number of aromatic nitrogens is 1. The van der Waals surface area contributed by atoms with Gasteiger partial charge in [0.25, 0.3) is 0 Å². The van der Waals surface area contributed by atoms with Crippen molar-refractivity contribution < 1.29 is 19.4 Å². The smallest absolute Gasteiger partial charge is 0.306 e. The van der Waals surface area contributed by atoms with Crippen LogP contribution in [0.25, 0.3) is 5.57 Å². The molecule has 5 nitrogen and oxygen atoms in total. The molecule has 1 aromatic heterocycles. The molecule has 2 rings (SSSR count). The predicted molar refractivity (Wildman–Crippen MR) is 82.5 cm³/mol. The molecule has 1 aromatic rings. The maximum atomic E-state index is 12.2. The van der Waals surface area contributed by atoms with Crippen LogP contribution in [0.5, 0.6) is 5.75 Å². The number of Topliss-reactive ketones (excluding diaryl/α,β-unsaturated/α-hetero) is 1. The lowest BCUT2D eigenvalue weighted by Crippen LogP contribution is -2.10. The van der Waals surface area contributed by atoms with Gasteiger partial charge in [0, 0.05) is 6.42 Å². The second-order valence-corrected chi connectivity index (χ2v) is 5.27. The lowest BCUT2D eigenvalue weighted by Gasteiger charge is -2.13. The van der Waals surface area contributed by atoms with Gasteiger partial charge in [0.2, 0.25) is 0 Å². The van der Waals surface area contributed by atoms with Crippen LogP contribution in [0.4, 0.5) is 0 Å². The Morgan fingerprint density at radius 2 is 2.09 bits per heavy atom. The summed E-state index contributed by atoms with van der Waals surface area (Å²) in [6.07, 6.45) is 6.37. The van der Waals surface area contributed by atoms with E-state index in [0.29, 0.717) is 6.61 Å². The molecule has 1 N–H and O–H groups in total. The van der Waals surface area contributed by atoms with Crippen LogP contribution in [0.2, 0.25) is 0 Å². The van der Waals surface area contributed by atoms with Gasteiger partial charge in [-0.1, -0.05) is 6.08 Å². The normalized spacial score (nSPS) is 14.3. The van der Waals surface area contributed by atoms with Gasteiger partial charge in [-0.3, -0.25) is 9.59 Å². The molecule has 118 valence electrons. The molecular weight excluding hydrogens is 282 g/mol. The highest BCUT2D eigenvalue weighted by Crippen LogP contribution is 2.28. The Labute approximate surface area is 130 Å². The molecule has 0 aromatic carbocycles. The number of hydrogen-bond donors (Lipinski definition) is 1. The molecule has 0 fully saturated rings. The fourth-order valence-corrected chi connectivity index (χ4v) is 2.47. The lowest BCUT2D eigenvalue weighted by atomic mass is 9.96. The summed E-state index contributed by atoms with van der Waals surface area (Å²) < 4.78 is 4.79. The third-order valence-electron chi connectivity index (χ3n) is 3.62. The molecule has 0 unspecified atom stereocenters. The Morgan fingerprint density at radius 1 is 1.27 bits per heavy atom. The number of hydrogen-bond acceptors (Lipinski definition) is 5. The van der Waals surface area contributed by atoms with Crippen molar-refractivity contribution in [2.75, 3.05) is 6.61 Å². The summed E-state index contributed by atoms with van der Waals surface area (Å²) in [5, 5.41) is 9.85. The molecule has 0 saturated heterocycles. The number of nitrogens with zero attached hydrogens (tertiary/aromatic N) is 1. The summed E-state index contributed by atoms with van der Waals surface area (Å²) >= 11 is 0. The second-order valence-electron chi connectivity index (χ2n) is 5.27. The topological polar surface area (TPSA) is 76.5 Å². The predicted octanol–water partition coefficient (Wildman–Crippen LogP) is 3.27. The molecular formula is C17H21NO4. The molecule has 0 spiro atoms. The van der Waals surface area contributed by atoms with E-state index < -0.39 is 5.97 Å². The highest BCUT2D eigenvalue weighted by atomic mass is 16.5. The monoisotopic (exact) mass is 303 g/mol. The number of ketones is 1. The van der Waals surface area contributed by atoms with Crippen molar-refractivity contribution in [2.45, 2.75) is 45.4 Å². The number of rotatable bonds is 6. The van der Waals surface area contributed by atoms with Crippen LogP contribution in [0.3, 0.4) is 0 Å². The molecule has 1 heterocycles. The zero-order valence-electron chi connectivity index (χ0n) is 12.8. The van der Waals surface area contributed by atoms with Crippen LogP contribution < -0.4 is 0 Å². The Hall–Kier alpha value is -2.17. The molecule has 0 atom stereocenters. The Morgan fingerprint density at radius 3 is 2.77 bits per heavy atom. The van der Waals surface area contributed by atoms with Crippen molar-refractivity contribution in [1.82, 2.24) is 4.98 Å². The first-order chi connectivity index (χ1) is 10.6. The highest BCUT2D eigenvalue weighted by Gasteiger charge is 2.17. The zero-order valence-corrected chi connectivity index (χ0v) is 12.8. The Bertz CT molecular complexity index is 592. The number of aromatic hydroxyl groups is 1. The van der Waals surface area contributed by atoms with Crippen molar-refractivity contribution >= 4 is 17.3 Å². The minimum atomic E-state index is -0.415. The van der Waals surface area contributed by atoms with Crippen molar-refractivity contribution in [3.63, 3.8) is 0 Å². The fourth-order valence-electron chi connectivity index (χ4n) is 2.47. The van der Waals surface area contributed by atoms with Gasteiger partial charge < -0.3 is 9.84 Å². The van der Waals surface area contributed by atoms with E-state index in [2.05, 4.69) is 11.1 Å². The molecule has 0 bridgehead atoms. The van der Waals surface area contributed by atoms with Gasteiger partial charge in [-0.05, 0) is 50.3 Å². The van der Waals surface area contributed by atoms with E-state index in [1.807, 2.05) is 0 Å². The van der Waals surface area contributed by atoms with Crippen LogP contribution in [0.1, 0.15) is 61.6 Å². The summed E-state index contributed by atoms with van der Waals surface area (Å²) in [6, 6.07) is 3.23. The van der Waals surface area contributed by atoms with Crippen molar-refractivity contribution in [1.29, 1.82) is 0 Å². The molecule has 0 aliphatic heterocycles. The first-order valence-corrected chi connectivity index (χ1v) is 7.70. The number of ether oxygens (including phenoxy) is 1. The zero-order chi connectivity index (χ0) is 15.9. The minimum Gasteiger partial charge on any atom is -0.506 e. The first-order valence-electron chi connectivity index (χ1n) is 7.70. The van der Waals surface area contributed by atoms with E-state index in [1.54, 1.807) is 13.0 Å². The van der Waals surface area contributed by atoms with Crippen LogP contribution >= 0.6 is 0 Å². The summed E-state index contributed by atoms with van der Waals surface area (Å²) in [4.78, 5) is 27.8. The largest absolute Gasteiger partial charge is 0.506 e. The van der Waals surface area contributed by atoms with E-state index in [-0.39, 0.29) is 30.1 Å². The van der Waals surface area contributed by atoms with Crippen molar-refractivity contribution in [3.8, 4) is 5.75 Å². The van der Waals surface area contributed by atoms with Gasteiger partial charge in [0.1, 0.15) is 11.4 Å². The van der Waals surface area contributed by atoms with E-state index in [1.165, 1.54) is 12.5 Å². The minimum absolute atomic E-state index is 0.000712. The molecule has 1 aliphatic carbocycles. The number of esters is 1. The van der Waals surface area contributed by atoms with Crippen LogP contribution in [-0.2, 0) is 9.53 Å². The number of allylic oxidation sites excluding steroid dienone is 2. The van der Waals surface area contributed by atoms with E-state index >= 15 is 0 Å². The van der Waals surface area contributed by atoms with E-state index in [4.69, 9.17) is 4.74 Å². The molecule has 5 heteroatoms. The van der Waals surface area contributed by atoms with Gasteiger partial charge >= 0.3 is 5.97 Å². The summed E-state index contributed by atoms with van der Waals surface area (Å²) in [6.45, 7) is 2.01. The number of carbonyl (C=O) groups is 2. The van der Waals surface area contributed by atoms with Crippen LogP contribution in [0.15, 0.2) is 18.2 Å². The number of carbonyl (C=O) groups excluding carboxylic acids is 2. The maximum absolute atomic E-state index is 12.2. The number of pyridine rings is 1. The van der Waals surface area contributed by atoms with Crippen LogP contribution in [0, 0.1) is 0 Å². The molecule has 0 radical (unpaired) electrons. The average Bonchev–Trinajstić information content (AvgIpc) is 2.54. The van der Waals surface area contributed by atoms with Crippen molar-refractivity contribution in [3.05, 3.63) is 29.6 Å². The summed E-state index contributed by atoms with van der Waals surface area (Å²) in [5.41, 5.74) is 1.89. The van der Waals surface area contributed by atoms with Gasteiger partial charge in [-0.2, -0.15) is 0 Å². The SMILES string of the molecule is CCOC(=O)CCC(=O)c1nc(C2=CCCCC2)ccc1O. The van der Waals surface area contributed by atoms with Gasteiger partial charge in [-0.25, -0.2) is 4.98 Å². The maximum Gasteiger partial charge on any atom is 0.306 e. The Balaban J connectivity index is 2.10. The lowest BCUT2D eigenvalue weighted by molar-refractivity contribution is -0.143. The standard InChI is InChI=1S/C17H21NO4/c1-2-22-16(21)11-10-15(20)17-14(19)9-8-13(18-17)12-6-4-3-5-7-12/h6,8-9,19H,2-5,7,10-11H2,1H3. The van der Waals surface area contributed by atoms with Crippen molar-refractivity contribution in [2.24, 2.45) is 0 Å². The van der Waals surface area contributed by atoms with E-state index in [0.717, 1.165) is 30.5 Å². The molecule has 22 heavy (non-hydrogen) atoms. The second kappa shape index (κ2) is 7.73.